The smallest absolute Gasteiger partial charge is 0.264 e. The third kappa shape index (κ3) is 8.95. The first-order valence-electron chi connectivity index (χ1n) is 16.9. The maximum absolute atomic E-state index is 14.0. The van der Waals surface area contributed by atoms with Crippen LogP contribution in [0.3, 0.4) is 0 Å². The average molecular weight is 685 g/mol. The highest BCUT2D eigenvalue weighted by molar-refractivity contribution is 5.96. The fourth-order valence-electron chi connectivity index (χ4n) is 5.95. The lowest BCUT2D eigenvalue weighted by molar-refractivity contribution is -0.143. The Labute approximate surface area is 291 Å². The molecule has 5 amide bonds. The quantitative estimate of drug-likeness (QED) is 0.303. The molecule has 6 rings (SSSR count). The van der Waals surface area contributed by atoms with Crippen molar-refractivity contribution in [3.05, 3.63) is 90.3 Å². The molecule has 50 heavy (non-hydrogen) atoms. The van der Waals surface area contributed by atoms with Crippen LogP contribution < -0.4 is 30.7 Å². The van der Waals surface area contributed by atoms with Crippen LogP contribution in [0.2, 0.25) is 0 Å². The lowest BCUT2D eigenvalue weighted by Crippen LogP contribution is -2.62. The van der Waals surface area contributed by atoms with Crippen LogP contribution in [0.4, 0.5) is 0 Å². The van der Waals surface area contributed by atoms with Gasteiger partial charge in [-0.15, -0.1) is 0 Å². The van der Waals surface area contributed by atoms with Crippen LogP contribution in [0.15, 0.2) is 79.1 Å². The standard InChI is InChI=1S/C37H44N6O7/c1-24(2)31-34(46)41-30(23-26-7-5-4-6-8-26)33(45)39-19-22-49-28-9-11-29(12-10-28)50-37(36(48)40-25(3)32(44)42-31)15-20-43(21-16-37)35(47)27-13-17-38-18-14-27/h4-14,17-18,24-25,30-31H,15-16,19-23H2,1-3H3,(H,39,45)(H,40,48)(H,41,46)(H,42,44)/t25-,30+,31-/m1/s1. The first kappa shape index (κ1) is 35.8. The maximum Gasteiger partial charge on any atom is 0.264 e. The summed E-state index contributed by atoms with van der Waals surface area (Å²) in [6.07, 6.45) is 3.68. The molecule has 13 heteroatoms. The zero-order valence-electron chi connectivity index (χ0n) is 28.5. The Balaban J connectivity index is 1.38. The van der Waals surface area contributed by atoms with Crippen molar-refractivity contribution in [1.29, 1.82) is 0 Å². The third-order valence-electron chi connectivity index (χ3n) is 8.91. The van der Waals surface area contributed by atoms with Gasteiger partial charge in [0.2, 0.25) is 17.7 Å². The number of carbonyl (C=O) groups excluding carboxylic acids is 5. The van der Waals surface area contributed by atoms with Crippen LogP contribution in [0.1, 0.15) is 49.5 Å². The molecule has 3 aliphatic rings. The summed E-state index contributed by atoms with van der Waals surface area (Å²) in [5, 5.41) is 11.2. The van der Waals surface area contributed by atoms with E-state index in [9.17, 15) is 24.0 Å². The van der Waals surface area contributed by atoms with Crippen LogP contribution in [-0.2, 0) is 25.6 Å². The summed E-state index contributed by atoms with van der Waals surface area (Å²) in [5.41, 5.74) is -0.0478. The van der Waals surface area contributed by atoms with Gasteiger partial charge in [0.05, 0.1) is 6.54 Å². The van der Waals surface area contributed by atoms with Crippen LogP contribution in [0.5, 0.6) is 11.5 Å². The summed E-state index contributed by atoms with van der Waals surface area (Å²) in [6.45, 7) is 5.91. The van der Waals surface area contributed by atoms with E-state index < -0.39 is 47.4 Å². The Morgan fingerprint density at radius 1 is 0.860 bits per heavy atom. The summed E-state index contributed by atoms with van der Waals surface area (Å²) >= 11 is 0. The number of likely N-dealkylation sites (tertiary alicyclic amines) is 1. The SMILES string of the molecule is CC(C)[C@H]1NC(=O)[C@@H](C)NC(=O)C2(CCN(C(=O)c3ccncc3)CC2)Oc2ccc(cc2)OCCNC(=O)[C@H](Cc2ccccc2)NC1=O. The number of pyridine rings is 1. The van der Waals surface area contributed by atoms with Crippen molar-refractivity contribution in [2.24, 2.45) is 5.92 Å². The normalized spacial score (nSPS) is 22.0. The van der Waals surface area contributed by atoms with Crippen LogP contribution in [-0.4, -0.2) is 89.4 Å². The first-order chi connectivity index (χ1) is 24.0. The number of fused-ring (bicyclic) bond motifs is 15. The molecule has 0 aliphatic carbocycles. The van der Waals surface area contributed by atoms with Gasteiger partial charge >= 0.3 is 0 Å². The van der Waals surface area contributed by atoms with Crippen LogP contribution >= 0.6 is 0 Å². The molecular formula is C37H44N6O7. The number of rotatable bonds is 4. The van der Waals surface area contributed by atoms with E-state index in [0.29, 0.717) is 17.1 Å². The number of nitrogens with one attached hydrogen (secondary N) is 4. The number of benzene rings is 2. The van der Waals surface area contributed by atoms with Crippen molar-refractivity contribution in [3.63, 3.8) is 0 Å². The second-order valence-corrected chi connectivity index (χ2v) is 12.9. The molecule has 4 heterocycles. The van der Waals surface area contributed by atoms with Crippen molar-refractivity contribution in [3.8, 4) is 11.5 Å². The van der Waals surface area contributed by atoms with E-state index in [0.717, 1.165) is 5.56 Å². The fourth-order valence-corrected chi connectivity index (χ4v) is 5.95. The van der Waals surface area contributed by atoms with Gasteiger partial charge in [0.25, 0.3) is 11.8 Å². The number of piperidine rings is 1. The van der Waals surface area contributed by atoms with Gasteiger partial charge < -0.3 is 35.6 Å². The third-order valence-corrected chi connectivity index (χ3v) is 8.91. The minimum absolute atomic E-state index is 0.161. The van der Waals surface area contributed by atoms with Gasteiger partial charge in [-0.25, -0.2) is 0 Å². The number of ether oxygens (including phenoxy) is 2. The summed E-state index contributed by atoms with van der Waals surface area (Å²) in [7, 11) is 0. The molecule has 264 valence electrons. The van der Waals surface area contributed by atoms with Crippen LogP contribution in [0.25, 0.3) is 0 Å². The molecule has 0 radical (unpaired) electrons. The van der Waals surface area contributed by atoms with Gasteiger partial charge in [0.1, 0.15) is 36.2 Å². The number of amides is 5. The van der Waals surface area contributed by atoms with Gasteiger partial charge in [-0.3, -0.25) is 29.0 Å². The topological polar surface area (TPSA) is 168 Å². The van der Waals surface area contributed by atoms with E-state index in [4.69, 9.17) is 9.47 Å². The highest BCUT2D eigenvalue weighted by Gasteiger charge is 2.46. The maximum atomic E-state index is 14.0. The lowest BCUT2D eigenvalue weighted by atomic mass is 9.89. The molecule has 2 aromatic carbocycles. The van der Waals surface area contributed by atoms with Gasteiger partial charge in [0.15, 0.2) is 5.60 Å². The second-order valence-electron chi connectivity index (χ2n) is 12.9. The molecule has 1 saturated heterocycles. The second kappa shape index (κ2) is 16.3. The zero-order valence-corrected chi connectivity index (χ0v) is 28.5. The molecule has 13 nitrogen and oxygen atoms in total. The van der Waals surface area contributed by atoms with Gasteiger partial charge in [-0.2, -0.15) is 0 Å². The molecule has 4 N–H and O–H groups in total. The molecule has 0 unspecified atom stereocenters. The molecule has 3 atom stereocenters. The van der Waals surface area contributed by atoms with E-state index in [1.54, 1.807) is 67.5 Å². The number of nitrogens with zero attached hydrogens (tertiary/aromatic N) is 2. The largest absolute Gasteiger partial charge is 0.492 e. The Morgan fingerprint density at radius 3 is 2.18 bits per heavy atom. The average Bonchev–Trinajstić information content (AvgIpc) is 3.12. The molecule has 1 aromatic heterocycles. The summed E-state index contributed by atoms with van der Waals surface area (Å²) in [6, 6.07) is 16.4. The Hall–Kier alpha value is -5.46. The molecule has 0 saturated carbocycles. The molecule has 3 aliphatic heterocycles. The Kier molecular flexibility index (Phi) is 11.7. The number of aromatic nitrogens is 1. The van der Waals surface area contributed by atoms with E-state index >= 15 is 0 Å². The van der Waals surface area contributed by atoms with Gasteiger partial charge in [-0.05, 0) is 54.8 Å². The van der Waals surface area contributed by atoms with Crippen molar-refractivity contribution in [1.82, 2.24) is 31.2 Å². The van der Waals surface area contributed by atoms with E-state index in [-0.39, 0.29) is 57.3 Å². The molecule has 1 spiro atoms. The van der Waals surface area contributed by atoms with E-state index in [1.807, 2.05) is 30.3 Å². The summed E-state index contributed by atoms with van der Waals surface area (Å²) in [5.74, 6) is -1.60. The zero-order chi connectivity index (χ0) is 35.7. The van der Waals surface area contributed by atoms with Crippen molar-refractivity contribution in [2.45, 2.75) is 63.8 Å². The van der Waals surface area contributed by atoms with Crippen molar-refractivity contribution >= 4 is 29.5 Å². The minimum atomic E-state index is -1.39. The van der Waals surface area contributed by atoms with E-state index in [1.165, 1.54) is 6.92 Å². The van der Waals surface area contributed by atoms with Gasteiger partial charge in [0, 0.05) is 50.3 Å². The predicted octanol–water partition coefficient (Wildman–Crippen LogP) is 2.02. The highest BCUT2D eigenvalue weighted by atomic mass is 16.5. The number of hydrogen-bond donors (Lipinski definition) is 4. The van der Waals surface area contributed by atoms with Gasteiger partial charge in [-0.1, -0.05) is 44.2 Å². The fraction of sp³-hybridized carbons (Fsp3) is 0.405. The van der Waals surface area contributed by atoms with Crippen molar-refractivity contribution in [2.75, 3.05) is 26.2 Å². The Morgan fingerprint density at radius 2 is 1.52 bits per heavy atom. The molecular weight excluding hydrogens is 640 g/mol. The number of hydrogen-bond acceptors (Lipinski definition) is 8. The Bertz CT molecular complexity index is 1640. The molecule has 3 aromatic rings. The summed E-state index contributed by atoms with van der Waals surface area (Å²) < 4.78 is 12.2. The summed E-state index contributed by atoms with van der Waals surface area (Å²) in [4.78, 5) is 73.3. The van der Waals surface area contributed by atoms with Crippen molar-refractivity contribution < 1.29 is 33.4 Å². The highest BCUT2D eigenvalue weighted by Crippen LogP contribution is 2.31. The predicted molar refractivity (Wildman–Crippen MR) is 184 cm³/mol. The molecule has 2 bridgehead atoms. The monoisotopic (exact) mass is 684 g/mol. The number of carbonyl (C=O) groups is 5. The minimum Gasteiger partial charge on any atom is -0.492 e. The molecule has 1 fully saturated rings. The van der Waals surface area contributed by atoms with Crippen LogP contribution in [0, 0.1) is 5.92 Å². The lowest BCUT2D eigenvalue weighted by Gasteiger charge is -2.41. The van der Waals surface area contributed by atoms with E-state index in [2.05, 4.69) is 26.3 Å². The first-order valence-corrected chi connectivity index (χ1v) is 16.9.